The molecule has 0 heterocycles. The summed E-state index contributed by atoms with van der Waals surface area (Å²) in [6.07, 6.45) is 3.12. The number of hydrogen-bond acceptors (Lipinski definition) is 3. The molecular formula is C8H16N2O4S. The third-order valence-electron chi connectivity index (χ3n) is 2.71. The van der Waals surface area contributed by atoms with Crippen molar-refractivity contribution in [1.29, 1.82) is 0 Å². The van der Waals surface area contributed by atoms with E-state index in [1.807, 2.05) is 0 Å². The molecule has 0 aliphatic heterocycles. The van der Waals surface area contributed by atoms with Gasteiger partial charge in [0.15, 0.2) is 0 Å². The molecule has 0 amide bonds. The van der Waals surface area contributed by atoms with E-state index in [9.17, 15) is 13.2 Å². The molecule has 88 valence electrons. The van der Waals surface area contributed by atoms with E-state index in [-0.39, 0.29) is 0 Å². The number of carbonyl (C=O) groups is 1. The Morgan fingerprint density at radius 1 is 1.27 bits per heavy atom. The molecule has 0 atom stereocenters. The molecule has 0 radical (unpaired) electrons. The van der Waals surface area contributed by atoms with E-state index in [0.29, 0.717) is 12.8 Å². The summed E-state index contributed by atoms with van der Waals surface area (Å²) in [5, 5.41) is 9.09. The van der Waals surface area contributed by atoms with Crippen molar-refractivity contribution in [2.45, 2.75) is 37.6 Å². The first-order valence-electron chi connectivity index (χ1n) is 4.88. The van der Waals surface area contributed by atoms with E-state index in [1.165, 1.54) is 7.05 Å². The molecule has 1 rings (SSSR count). The van der Waals surface area contributed by atoms with Crippen molar-refractivity contribution in [1.82, 2.24) is 9.44 Å². The number of nitrogens with one attached hydrogen (secondary N) is 2. The maximum Gasteiger partial charge on any atom is 0.324 e. The van der Waals surface area contributed by atoms with Gasteiger partial charge in [-0.25, -0.2) is 4.72 Å². The maximum absolute atomic E-state index is 11.3. The Hall–Kier alpha value is -0.660. The van der Waals surface area contributed by atoms with Gasteiger partial charge in [-0.05, 0) is 12.8 Å². The van der Waals surface area contributed by atoms with Gasteiger partial charge in [0, 0.05) is 7.05 Å². The smallest absolute Gasteiger partial charge is 0.324 e. The van der Waals surface area contributed by atoms with Crippen molar-refractivity contribution in [2.24, 2.45) is 0 Å². The largest absolute Gasteiger partial charge is 0.480 e. The fourth-order valence-electron chi connectivity index (χ4n) is 1.82. The van der Waals surface area contributed by atoms with Crippen LogP contribution in [-0.4, -0.2) is 32.1 Å². The fourth-order valence-corrected chi connectivity index (χ4v) is 2.73. The molecule has 1 aliphatic carbocycles. The van der Waals surface area contributed by atoms with E-state index in [1.54, 1.807) is 0 Å². The lowest BCUT2D eigenvalue weighted by Crippen LogP contribution is -2.57. The topological polar surface area (TPSA) is 95.5 Å². The van der Waals surface area contributed by atoms with Crippen molar-refractivity contribution in [2.75, 3.05) is 7.05 Å². The summed E-state index contributed by atoms with van der Waals surface area (Å²) in [7, 11) is -2.45. The molecule has 7 heteroatoms. The summed E-state index contributed by atoms with van der Waals surface area (Å²) in [5.41, 5.74) is -1.32. The Bertz CT molecular complexity index is 333. The first-order valence-corrected chi connectivity index (χ1v) is 6.36. The van der Waals surface area contributed by atoms with Gasteiger partial charge in [-0.2, -0.15) is 13.1 Å². The van der Waals surface area contributed by atoms with Gasteiger partial charge in [0.05, 0.1) is 0 Å². The molecule has 3 N–H and O–H groups in total. The van der Waals surface area contributed by atoms with Crippen molar-refractivity contribution in [3.8, 4) is 0 Å². The maximum atomic E-state index is 11.3. The second-order valence-electron chi connectivity index (χ2n) is 3.76. The predicted molar refractivity (Wildman–Crippen MR) is 54.6 cm³/mol. The average molecular weight is 236 g/mol. The molecule has 0 saturated heterocycles. The number of rotatable bonds is 4. The summed E-state index contributed by atoms with van der Waals surface area (Å²) in [6, 6.07) is 0. The molecular weight excluding hydrogens is 220 g/mol. The summed E-state index contributed by atoms with van der Waals surface area (Å²) in [6.45, 7) is 0. The zero-order valence-electron chi connectivity index (χ0n) is 8.62. The Kier molecular flexibility index (Phi) is 3.69. The molecule has 0 spiro atoms. The zero-order valence-corrected chi connectivity index (χ0v) is 9.43. The normalized spacial score (nSPS) is 21.1. The Labute approximate surface area is 89.2 Å². The number of carboxylic acid groups (broad SMARTS) is 1. The number of hydrogen-bond donors (Lipinski definition) is 3. The van der Waals surface area contributed by atoms with E-state index >= 15 is 0 Å². The molecule has 1 aliphatic rings. The van der Waals surface area contributed by atoms with Crippen molar-refractivity contribution < 1.29 is 18.3 Å². The summed E-state index contributed by atoms with van der Waals surface area (Å²) < 4.78 is 26.9. The van der Waals surface area contributed by atoms with E-state index in [2.05, 4.69) is 9.44 Å². The Balaban J connectivity index is 2.87. The van der Waals surface area contributed by atoms with Gasteiger partial charge in [-0.1, -0.05) is 19.3 Å². The molecule has 1 saturated carbocycles. The third-order valence-corrected chi connectivity index (χ3v) is 3.91. The van der Waals surface area contributed by atoms with Gasteiger partial charge < -0.3 is 5.11 Å². The van der Waals surface area contributed by atoms with Crippen LogP contribution >= 0.6 is 0 Å². The molecule has 0 unspecified atom stereocenters. The zero-order chi connectivity index (χ0) is 11.5. The highest BCUT2D eigenvalue weighted by molar-refractivity contribution is 7.87. The van der Waals surface area contributed by atoms with Crippen molar-refractivity contribution in [3.05, 3.63) is 0 Å². The molecule has 0 bridgehead atoms. The minimum Gasteiger partial charge on any atom is -0.480 e. The summed E-state index contributed by atoms with van der Waals surface area (Å²) >= 11 is 0. The monoisotopic (exact) mass is 236 g/mol. The van der Waals surface area contributed by atoms with Crippen LogP contribution in [0.15, 0.2) is 0 Å². The van der Waals surface area contributed by atoms with Crippen LogP contribution in [0.3, 0.4) is 0 Å². The van der Waals surface area contributed by atoms with E-state index in [4.69, 9.17) is 5.11 Å². The number of carboxylic acids is 1. The second kappa shape index (κ2) is 4.46. The Morgan fingerprint density at radius 2 is 1.80 bits per heavy atom. The van der Waals surface area contributed by atoms with Gasteiger partial charge >= 0.3 is 5.97 Å². The summed E-state index contributed by atoms with van der Waals surface area (Å²) in [5.74, 6) is -1.10. The van der Waals surface area contributed by atoms with E-state index < -0.39 is 21.7 Å². The predicted octanol–water partition coefficient (Wildman–Crippen LogP) is -0.172. The van der Waals surface area contributed by atoms with Crippen LogP contribution in [-0.2, 0) is 15.0 Å². The number of aliphatic carboxylic acids is 1. The minimum absolute atomic E-state index is 0.350. The third kappa shape index (κ3) is 2.90. The van der Waals surface area contributed by atoms with Crippen molar-refractivity contribution >= 4 is 16.2 Å². The minimum atomic E-state index is -3.70. The average Bonchev–Trinajstić information content (AvgIpc) is 2.18. The molecule has 1 fully saturated rings. The molecule has 0 aromatic rings. The van der Waals surface area contributed by atoms with Crippen LogP contribution in [0.4, 0.5) is 0 Å². The first-order chi connectivity index (χ1) is 6.92. The van der Waals surface area contributed by atoms with Crippen LogP contribution in [0.25, 0.3) is 0 Å². The molecule has 0 aromatic carbocycles. The highest BCUT2D eigenvalue weighted by Gasteiger charge is 2.42. The van der Waals surface area contributed by atoms with Crippen LogP contribution < -0.4 is 9.44 Å². The van der Waals surface area contributed by atoms with Crippen LogP contribution in [0.2, 0.25) is 0 Å². The SMILES string of the molecule is CNS(=O)(=O)NC1(C(=O)O)CCCCC1. The molecule has 0 aromatic heterocycles. The van der Waals surface area contributed by atoms with Gasteiger partial charge in [-0.15, -0.1) is 0 Å². The standard InChI is InChI=1S/C8H16N2O4S/c1-9-15(13,14)10-8(7(11)12)5-3-2-4-6-8/h9-10H,2-6H2,1H3,(H,11,12). The quantitative estimate of drug-likeness (QED) is 0.631. The summed E-state index contributed by atoms with van der Waals surface area (Å²) in [4.78, 5) is 11.1. The molecule has 15 heavy (non-hydrogen) atoms. The fraction of sp³-hybridized carbons (Fsp3) is 0.875. The first kappa shape index (κ1) is 12.4. The van der Waals surface area contributed by atoms with Gasteiger partial charge in [0.2, 0.25) is 0 Å². The van der Waals surface area contributed by atoms with Crippen LogP contribution in [0.5, 0.6) is 0 Å². The van der Waals surface area contributed by atoms with Gasteiger partial charge in [-0.3, -0.25) is 4.79 Å². The van der Waals surface area contributed by atoms with Crippen LogP contribution in [0, 0.1) is 0 Å². The molecule has 6 nitrogen and oxygen atoms in total. The lowest BCUT2D eigenvalue weighted by atomic mass is 9.83. The second-order valence-corrected chi connectivity index (χ2v) is 5.38. The highest BCUT2D eigenvalue weighted by Crippen LogP contribution is 2.28. The lowest BCUT2D eigenvalue weighted by Gasteiger charge is -2.33. The van der Waals surface area contributed by atoms with Gasteiger partial charge in [0.25, 0.3) is 10.2 Å². The van der Waals surface area contributed by atoms with Gasteiger partial charge in [0.1, 0.15) is 5.54 Å². The Morgan fingerprint density at radius 3 is 2.20 bits per heavy atom. The lowest BCUT2D eigenvalue weighted by molar-refractivity contribution is -0.145. The van der Waals surface area contributed by atoms with E-state index in [0.717, 1.165) is 19.3 Å². The van der Waals surface area contributed by atoms with Crippen molar-refractivity contribution in [3.63, 3.8) is 0 Å². The van der Waals surface area contributed by atoms with Crippen LogP contribution in [0.1, 0.15) is 32.1 Å². The highest BCUT2D eigenvalue weighted by atomic mass is 32.2.